The summed E-state index contributed by atoms with van der Waals surface area (Å²) in [6.07, 6.45) is 3.40. The Balaban J connectivity index is 1.16. The standard InChI is InChI=1S/C30H23NO5S/c1-33-26-11-7-19(14-21(26)17-34-22-9-12-27-28(16-22)36-18-35-27)6-10-25(32)20-8-13-30-24(15-20)31-23-4-2-3-5-29(23)37-30/h2-16,31H,17-18H2,1H3/b10-6+. The van der Waals surface area contributed by atoms with Crippen molar-refractivity contribution in [2.75, 3.05) is 19.2 Å². The van der Waals surface area contributed by atoms with Gasteiger partial charge in [-0.15, -0.1) is 0 Å². The smallest absolute Gasteiger partial charge is 0.231 e. The highest BCUT2D eigenvalue weighted by molar-refractivity contribution is 7.99. The summed E-state index contributed by atoms with van der Waals surface area (Å²) in [6.45, 7) is 0.517. The summed E-state index contributed by atoms with van der Waals surface area (Å²) in [5.74, 6) is 2.69. The molecule has 0 aliphatic carbocycles. The van der Waals surface area contributed by atoms with Gasteiger partial charge in [0.15, 0.2) is 17.3 Å². The number of ketones is 1. The number of anilines is 2. The molecular formula is C30H23NO5S. The van der Waals surface area contributed by atoms with E-state index in [1.54, 1.807) is 24.9 Å². The van der Waals surface area contributed by atoms with Gasteiger partial charge in [0.2, 0.25) is 6.79 Å². The average Bonchev–Trinajstić information content (AvgIpc) is 3.41. The van der Waals surface area contributed by atoms with Crippen molar-refractivity contribution in [3.05, 3.63) is 102 Å². The first-order valence-corrected chi connectivity index (χ1v) is 12.6. The number of fused-ring (bicyclic) bond motifs is 3. The number of hydrogen-bond acceptors (Lipinski definition) is 7. The van der Waals surface area contributed by atoms with Gasteiger partial charge < -0.3 is 24.3 Å². The number of hydrogen-bond donors (Lipinski definition) is 1. The normalized spacial score (nSPS) is 13.0. The van der Waals surface area contributed by atoms with E-state index in [0.717, 1.165) is 27.4 Å². The number of methoxy groups -OCH3 is 1. The molecule has 0 atom stereocenters. The van der Waals surface area contributed by atoms with Crippen LogP contribution in [0.25, 0.3) is 6.08 Å². The van der Waals surface area contributed by atoms with Crippen molar-refractivity contribution in [3.8, 4) is 23.0 Å². The van der Waals surface area contributed by atoms with Crippen LogP contribution < -0.4 is 24.3 Å². The number of allylic oxidation sites excluding steroid dienone is 1. The molecule has 4 aromatic rings. The van der Waals surface area contributed by atoms with Crippen molar-refractivity contribution >= 4 is 35.0 Å². The second-order valence-corrected chi connectivity index (χ2v) is 9.59. The predicted molar refractivity (Wildman–Crippen MR) is 144 cm³/mol. The van der Waals surface area contributed by atoms with E-state index in [1.165, 1.54) is 4.90 Å². The Morgan fingerprint density at radius 1 is 0.946 bits per heavy atom. The van der Waals surface area contributed by atoms with E-state index in [0.29, 0.717) is 35.2 Å². The van der Waals surface area contributed by atoms with Crippen LogP contribution in [0.2, 0.25) is 0 Å². The molecule has 0 radical (unpaired) electrons. The van der Waals surface area contributed by atoms with E-state index in [2.05, 4.69) is 11.4 Å². The summed E-state index contributed by atoms with van der Waals surface area (Å²) in [5.41, 5.74) is 4.36. The maximum atomic E-state index is 13.0. The maximum absolute atomic E-state index is 13.0. The molecular weight excluding hydrogens is 486 g/mol. The highest BCUT2D eigenvalue weighted by Gasteiger charge is 2.17. The number of benzene rings is 4. The van der Waals surface area contributed by atoms with Crippen LogP contribution in [0.15, 0.2) is 94.7 Å². The SMILES string of the molecule is COc1ccc(/C=C/C(=O)c2ccc3c(c2)Nc2ccccc2S3)cc1COc1ccc2c(c1)OCO2. The summed E-state index contributed by atoms with van der Waals surface area (Å²) >= 11 is 1.70. The molecule has 2 aliphatic rings. The molecule has 6 nitrogen and oxygen atoms in total. The Morgan fingerprint density at radius 2 is 1.81 bits per heavy atom. The van der Waals surface area contributed by atoms with Gasteiger partial charge in [-0.2, -0.15) is 0 Å². The minimum Gasteiger partial charge on any atom is -0.496 e. The lowest BCUT2D eigenvalue weighted by Gasteiger charge is -2.20. The molecule has 0 amide bonds. The largest absolute Gasteiger partial charge is 0.496 e. The molecule has 0 aromatic heterocycles. The van der Waals surface area contributed by atoms with Crippen molar-refractivity contribution in [1.82, 2.24) is 0 Å². The van der Waals surface area contributed by atoms with Gasteiger partial charge >= 0.3 is 0 Å². The Kier molecular flexibility index (Phi) is 6.20. The third kappa shape index (κ3) is 4.86. The highest BCUT2D eigenvalue weighted by atomic mass is 32.2. The molecule has 6 rings (SSSR count). The van der Waals surface area contributed by atoms with Crippen molar-refractivity contribution in [1.29, 1.82) is 0 Å². The van der Waals surface area contributed by atoms with Gasteiger partial charge in [-0.3, -0.25) is 4.79 Å². The number of carbonyl (C=O) groups excluding carboxylic acids is 1. The molecule has 0 bridgehead atoms. The quantitative estimate of drug-likeness (QED) is 0.185. The third-order valence-corrected chi connectivity index (χ3v) is 7.26. The summed E-state index contributed by atoms with van der Waals surface area (Å²) in [7, 11) is 1.62. The molecule has 0 saturated carbocycles. The number of carbonyl (C=O) groups is 1. The Bertz CT molecular complexity index is 1530. The highest BCUT2D eigenvalue weighted by Crippen LogP contribution is 2.44. The number of para-hydroxylation sites is 1. The van der Waals surface area contributed by atoms with E-state index in [9.17, 15) is 4.79 Å². The fourth-order valence-corrected chi connectivity index (χ4v) is 5.17. The first-order valence-electron chi connectivity index (χ1n) is 11.8. The zero-order valence-electron chi connectivity index (χ0n) is 20.0. The second kappa shape index (κ2) is 9.95. The van der Waals surface area contributed by atoms with E-state index < -0.39 is 0 Å². The first kappa shape index (κ1) is 23.1. The second-order valence-electron chi connectivity index (χ2n) is 8.51. The van der Waals surface area contributed by atoms with Crippen molar-refractivity contribution in [2.24, 2.45) is 0 Å². The molecule has 184 valence electrons. The Morgan fingerprint density at radius 3 is 2.73 bits per heavy atom. The Labute approximate surface area is 218 Å². The zero-order chi connectivity index (χ0) is 25.2. The van der Waals surface area contributed by atoms with Crippen molar-refractivity contribution in [3.63, 3.8) is 0 Å². The molecule has 0 spiro atoms. The van der Waals surface area contributed by atoms with Crippen LogP contribution in [0.5, 0.6) is 23.0 Å². The molecule has 0 unspecified atom stereocenters. The topological polar surface area (TPSA) is 66.0 Å². The number of nitrogens with one attached hydrogen (secondary N) is 1. The lowest BCUT2D eigenvalue weighted by atomic mass is 10.1. The van der Waals surface area contributed by atoms with E-state index in [4.69, 9.17) is 18.9 Å². The average molecular weight is 510 g/mol. The number of rotatable bonds is 7. The van der Waals surface area contributed by atoms with Gasteiger partial charge in [0.25, 0.3) is 0 Å². The molecule has 4 aromatic carbocycles. The molecule has 0 saturated heterocycles. The van der Waals surface area contributed by atoms with Crippen LogP contribution in [0.3, 0.4) is 0 Å². The fourth-order valence-electron chi connectivity index (χ4n) is 4.20. The maximum Gasteiger partial charge on any atom is 0.231 e. The summed E-state index contributed by atoms with van der Waals surface area (Å²) < 4.78 is 22.3. The minimum atomic E-state index is -0.0672. The third-order valence-electron chi connectivity index (χ3n) is 6.11. The van der Waals surface area contributed by atoms with Gasteiger partial charge in [-0.25, -0.2) is 0 Å². The van der Waals surface area contributed by atoms with Crippen LogP contribution in [0.1, 0.15) is 21.5 Å². The van der Waals surface area contributed by atoms with Crippen LogP contribution in [0.4, 0.5) is 11.4 Å². The van der Waals surface area contributed by atoms with Gasteiger partial charge in [0.1, 0.15) is 18.1 Å². The van der Waals surface area contributed by atoms with Gasteiger partial charge in [-0.05, 0) is 66.2 Å². The van der Waals surface area contributed by atoms with Gasteiger partial charge in [-0.1, -0.05) is 36.0 Å². The van der Waals surface area contributed by atoms with Crippen LogP contribution in [-0.4, -0.2) is 19.7 Å². The summed E-state index contributed by atoms with van der Waals surface area (Å²) in [6, 6.07) is 25.1. The number of ether oxygens (including phenoxy) is 4. The molecule has 37 heavy (non-hydrogen) atoms. The molecule has 1 N–H and O–H groups in total. The van der Waals surface area contributed by atoms with Crippen LogP contribution in [0, 0.1) is 0 Å². The van der Waals surface area contributed by atoms with Crippen molar-refractivity contribution in [2.45, 2.75) is 16.4 Å². The molecule has 2 aliphatic heterocycles. The lowest BCUT2D eigenvalue weighted by Crippen LogP contribution is -2.02. The lowest BCUT2D eigenvalue weighted by molar-refractivity contribution is 0.104. The van der Waals surface area contributed by atoms with E-state index in [-0.39, 0.29) is 12.6 Å². The summed E-state index contributed by atoms with van der Waals surface area (Å²) in [4.78, 5) is 15.2. The van der Waals surface area contributed by atoms with Crippen LogP contribution >= 0.6 is 11.8 Å². The van der Waals surface area contributed by atoms with Gasteiger partial charge in [0, 0.05) is 27.0 Å². The minimum absolute atomic E-state index is 0.0672. The fraction of sp³-hybridized carbons (Fsp3) is 0.100. The molecule has 7 heteroatoms. The van der Waals surface area contributed by atoms with E-state index >= 15 is 0 Å². The predicted octanol–water partition coefficient (Wildman–Crippen LogP) is 7.11. The molecule has 0 fully saturated rings. The zero-order valence-corrected chi connectivity index (χ0v) is 20.8. The monoisotopic (exact) mass is 509 g/mol. The first-order chi connectivity index (χ1) is 18.2. The Hall–Kier alpha value is -4.36. The molecule has 2 heterocycles. The van der Waals surface area contributed by atoms with Crippen LogP contribution in [-0.2, 0) is 6.61 Å². The van der Waals surface area contributed by atoms with Gasteiger partial charge in [0.05, 0.1) is 18.5 Å². The summed E-state index contributed by atoms with van der Waals surface area (Å²) in [5, 5.41) is 3.43. The van der Waals surface area contributed by atoms with Crippen molar-refractivity contribution < 1.29 is 23.7 Å². The van der Waals surface area contributed by atoms with E-state index in [1.807, 2.05) is 78.9 Å².